The van der Waals surface area contributed by atoms with Crippen molar-refractivity contribution in [3.63, 3.8) is 0 Å². The second-order valence-electron chi connectivity index (χ2n) is 24.9. The quantitative estimate of drug-likeness (QED) is 0.0186. The normalized spacial score (nSPS) is 14.3. The number of amides is 8. The van der Waals surface area contributed by atoms with Crippen molar-refractivity contribution in [2.45, 2.75) is 38.3 Å². The van der Waals surface area contributed by atoms with Crippen molar-refractivity contribution in [1.29, 1.82) is 0 Å². The SMILES string of the molecule is C.C#CCN1C(=O)c2ccc(C(=O)OCC(O)COc3ccc4ccc(OCC(O)COC(=O)c5ccc6c(c5)C(=O)N(CC#C)C6=O)c(Cc5c(OCC(O)COC(=O)c6ccc7c(c6)C(=O)N(CC#C)C7=O)ccc6ccc(OCC(O)COC(=O)c7ccc8c(c7)C(=O)N(CC#C)C8=O)cc56)c4c3)cc2C1=O. The van der Waals surface area contributed by atoms with Gasteiger partial charge in [0.2, 0.25) is 0 Å². The monoisotopic (exact) mass is 1490 g/mol. The van der Waals surface area contributed by atoms with Crippen molar-refractivity contribution in [3.8, 4) is 72.4 Å². The fourth-order valence-electron chi connectivity index (χ4n) is 12.3. The van der Waals surface area contributed by atoms with Gasteiger partial charge in [-0.25, -0.2) is 19.2 Å². The van der Waals surface area contributed by atoms with E-state index in [1.807, 2.05) is 0 Å². The Morgan fingerprint density at radius 1 is 0.318 bits per heavy atom. The lowest BCUT2D eigenvalue weighted by atomic mass is 9.93. The molecule has 4 N–H and O–H groups in total. The Morgan fingerprint density at radius 2 is 0.564 bits per heavy atom. The topological polar surface area (TPSA) is 373 Å². The molecule has 0 aromatic heterocycles. The maximum atomic E-state index is 13.4. The number of fused-ring (bicyclic) bond motifs is 6. The van der Waals surface area contributed by atoms with Gasteiger partial charge in [0.15, 0.2) is 0 Å². The molecule has 28 nitrogen and oxygen atoms in total. The van der Waals surface area contributed by atoms with Gasteiger partial charge >= 0.3 is 23.9 Å². The van der Waals surface area contributed by atoms with Crippen LogP contribution in [-0.2, 0) is 25.4 Å². The fourth-order valence-corrected chi connectivity index (χ4v) is 12.3. The molecule has 4 unspecified atom stereocenters. The number of carbonyl (C=O) groups excluding carboxylic acids is 12. The largest absolute Gasteiger partial charge is 0.491 e. The van der Waals surface area contributed by atoms with Crippen molar-refractivity contribution < 1.29 is 116 Å². The van der Waals surface area contributed by atoms with Crippen molar-refractivity contribution in [1.82, 2.24) is 19.6 Å². The average Bonchev–Trinajstić information content (AvgIpc) is 0.847. The van der Waals surface area contributed by atoms with E-state index in [9.17, 15) is 78.0 Å². The van der Waals surface area contributed by atoms with Crippen LogP contribution in [0, 0.1) is 49.4 Å². The molecule has 0 saturated heterocycles. The van der Waals surface area contributed by atoms with Gasteiger partial charge in [-0.2, -0.15) is 0 Å². The highest BCUT2D eigenvalue weighted by Crippen LogP contribution is 2.40. The molecular weight excluding hydrogens is 1420 g/mol. The van der Waals surface area contributed by atoms with Gasteiger partial charge in [-0.3, -0.25) is 58.0 Å². The molecule has 4 atom stereocenters. The van der Waals surface area contributed by atoms with Gasteiger partial charge in [0.05, 0.1) is 92.9 Å². The van der Waals surface area contributed by atoms with Crippen LogP contribution in [0.25, 0.3) is 21.5 Å². The molecule has 8 amide bonds. The molecule has 0 aliphatic carbocycles. The first-order valence-corrected chi connectivity index (χ1v) is 33.3. The predicted molar refractivity (Wildman–Crippen MR) is 387 cm³/mol. The van der Waals surface area contributed by atoms with E-state index in [2.05, 4.69) is 23.7 Å². The third-order valence-corrected chi connectivity index (χ3v) is 17.7. The molecule has 0 radical (unpaired) electrons. The van der Waals surface area contributed by atoms with E-state index in [0.717, 1.165) is 19.6 Å². The minimum atomic E-state index is -1.52. The standard InChI is InChI=1S/C81H60N4O24.CH4/c1-5-25-82-70(90)56-19-11-46(29-64(56)74(82)94)78(98)106-40-50(86)36-102-54-17-9-44-15-23-68(104-38-52(88)42-108-80(100)48-13-21-58-66(31-48)76(96)84(27-7-3)72(58)92)62(60(44)33-54)35-63-61-34-55(103-37-51(87)41-107-79(99)47-12-20-57-65(30-47)75(95)83(26-6-2)71(57)91)18-10-45(61)16-24-69(63)105-39-53(89)43-109-81(101)49-14-22-59-67(32-49)77(97)85(28-8-4)73(59)93;/h1-4,9-24,29-34,50-53,86-89H,25-28,35-43H2;1H4. The van der Waals surface area contributed by atoms with Gasteiger partial charge in [0, 0.05) is 17.5 Å². The Labute approximate surface area is 626 Å². The lowest BCUT2D eigenvalue weighted by Gasteiger charge is -2.21. The smallest absolute Gasteiger partial charge is 0.338 e. The number of aliphatic hydroxyl groups excluding tert-OH is 4. The molecule has 0 fully saturated rings. The van der Waals surface area contributed by atoms with E-state index in [0.29, 0.717) is 32.7 Å². The van der Waals surface area contributed by atoms with Gasteiger partial charge in [-0.15, -0.1) is 25.7 Å². The molecule has 4 heterocycles. The summed E-state index contributed by atoms with van der Waals surface area (Å²) in [6, 6.07) is 31.4. The van der Waals surface area contributed by atoms with Gasteiger partial charge in [0.25, 0.3) is 47.3 Å². The molecule has 0 spiro atoms. The van der Waals surface area contributed by atoms with E-state index in [-0.39, 0.29) is 130 Å². The van der Waals surface area contributed by atoms with Crippen molar-refractivity contribution in [2.24, 2.45) is 0 Å². The molecule has 4 aliphatic heterocycles. The van der Waals surface area contributed by atoms with E-state index >= 15 is 0 Å². The number of rotatable bonds is 30. The number of carbonyl (C=O) groups is 12. The number of aliphatic hydroxyl groups is 4. The van der Waals surface area contributed by atoms with Crippen LogP contribution in [0.1, 0.15) is 143 Å². The second-order valence-corrected chi connectivity index (χ2v) is 24.9. The molecular formula is C82H64N4O24. The van der Waals surface area contributed by atoms with Crippen molar-refractivity contribution in [3.05, 3.63) is 211 Å². The number of esters is 4. The maximum absolute atomic E-state index is 13.4. The minimum Gasteiger partial charge on any atom is -0.491 e. The van der Waals surface area contributed by atoms with Crippen LogP contribution in [0.5, 0.6) is 23.0 Å². The minimum absolute atomic E-state index is 0. The molecule has 4 aliphatic rings. The molecule has 556 valence electrons. The van der Waals surface area contributed by atoms with Crippen molar-refractivity contribution >= 4 is 92.7 Å². The number of nitrogens with zero attached hydrogens (tertiary/aromatic N) is 4. The van der Waals surface area contributed by atoms with E-state index in [1.165, 1.54) is 72.8 Å². The van der Waals surface area contributed by atoms with E-state index in [1.54, 1.807) is 60.7 Å². The van der Waals surface area contributed by atoms with Gasteiger partial charge in [-0.1, -0.05) is 55.4 Å². The number of hydrogen-bond acceptors (Lipinski definition) is 24. The Morgan fingerprint density at radius 3 is 0.827 bits per heavy atom. The first-order chi connectivity index (χ1) is 52.5. The summed E-state index contributed by atoms with van der Waals surface area (Å²) in [6.07, 6.45) is 15.3. The molecule has 8 aromatic carbocycles. The summed E-state index contributed by atoms with van der Waals surface area (Å²) in [6.45, 7) is -5.59. The van der Waals surface area contributed by atoms with Gasteiger partial charge < -0.3 is 58.3 Å². The molecule has 110 heavy (non-hydrogen) atoms. The Balaban J connectivity index is 0.0000120. The lowest BCUT2D eigenvalue weighted by molar-refractivity contribution is 0.0127. The number of benzene rings is 8. The summed E-state index contributed by atoms with van der Waals surface area (Å²) < 4.78 is 46.7. The molecule has 8 aromatic rings. The zero-order valence-corrected chi connectivity index (χ0v) is 57.3. The molecule has 0 saturated carbocycles. The van der Waals surface area contributed by atoms with E-state index < -0.39 is 148 Å². The highest BCUT2D eigenvalue weighted by molar-refractivity contribution is 6.24. The van der Waals surface area contributed by atoms with Gasteiger partial charge in [0.1, 0.15) is 100 Å². The lowest BCUT2D eigenvalue weighted by Crippen LogP contribution is -2.29. The highest BCUT2D eigenvalue weighted by atomic mass is 16.6. The second kappa shape index (κ2) is 33.2. The number of ether oxygens (including phenoxy) is 8. The van der Waals surface area contributed by atoms with Crippen LogP contribution in [0.2, 0.25) is 0 Å². The van der Waals surface area contributed by atoms with Crippen molar-refractivity contribution in [2.75, 3.05) is 79.0 Å². The molecule has 28 heteroatoms. The number of terminal acetylenes is 4. The van der Waals surface area contributed by atoms with Gasteiger partial charge in [-0.05, 0) is 131 Å². The van der Waals surface area contributed by atoms with E-state index in [4.69, 9.17) is 63.6 Å². The zero-order chi connectivity index (χ0) is 77.5. The third kappa shape index (κ3) is 15.9. The van der Waals surface area contributed by atoms with Crippen LogP contribution in [0.4, 0.5) is 0 Å². The van der Waals surface area contributed by atoms with Crippen LogP contribution >= 0.6 is 0 Å². The summed E-state index contributed by atoms with van der Waals surface area (Å²) in [4.78, 5) is 160. The first-order valence-electron chi connectivity index (χ1n) is 33.3. The summed E-state index contributed by atoms with van der Waals surface area (Å²) >= 11 is 0. The summed E-state index contributed by atoms with van der Waals surface area (Å²) in [7, 11) is 0. The number of hydrogen-bond donors (Lipinski definition) is 4. The Hall–Kier alpha value is -14.0. The Bertz CT molecular complexity index is 5040. The average molecular weight is 1490 g/mol. The first kappa shape index (κ1) is 77.1. The molecule has 0 bridgehead atoms. The summed E-state index contributed by atoms with van der Waals surface area (Å²) in [5, 5.41) is 47.2. The highest BCUT2D eigenvalue weighted by Gasteiger charge is 2.40. The summed E-state index contributed by atoms with van der Waals surface area (Å²) in [5.74, 6) is 0.456. The Kier molecular flexibility index (Phi) is 23.3. The predicted octanol–water partition coefficient (Wildman–Crippen LogP) is 5.52. The third-order valence-electron chi connectivity index (χ3n) is 17.7. The molecule has 12 rings (SSSR count). The maximum Gasteiger partial charge on any atom is 0.338 e. The number of imide groups is 4. The summed E-state index contributed by atoms with van der Waals surface area (Å²) in [5.41, 5.74) is 0.238. The van der Waals surface area contributed by atoms with Crippen LogP contribution in [-0.4, -0.2) is 215 Å². The van der Waals surface area contributed by atoms with Crippen LogP contribution in [0.3, 0.4) is 0 Å². The fraction of sp³-hybridized carbons (Fsp3) is 0.220. The van der Waals surface area contributed by atoms with Crippen LogP contribution < -0.4 is 18.9 Å². The zero-order valence-electron chi connectivity index (χ0n) is 57.3. The van der Waals surface area contributed by atoms with Crippen LogP contribution in [0.15, 0.2) is 133 Å².